The van der Waals surface area contributed by atoms with Crippen LogP contribution >= 0.6 is 23.1 Å². The number of hydrogen-bond acceptors (Lipinski definition) is 6. The number of thioether (sulfide) groups is 1. The summed E-state index contributed by atoms with van der Waals surface area (Å²) in [5.41, 5.74) is 1.17. The first kappa shape index (κ1) is 17.4. The predicted molar refractivity (Wildman–Crippen MR) is 103 cm³/mol. The van der Waals surface area contributed by atoms with Gasteiger partial charge < -0.3 is 9.73 Å². The SMILES string of the molecule is C[C@@H](Sc1nc2sc3c(c2c(=O)n1C)CCC3)C(=O)NCc1ccco1. The zero-order chi connectivity index (χ0) is 18.3. The van der Waals surface area contributed by atoms with Gasteiger partial charge in [0, 0.05) is 11.9 Å². The molecule has 1 amide bonds. The van der Waals surface area contributed by atoms with Crippen molar-refractivity contribution in [3.63, 3.8) is 0 Å². The molecular formula is C18H19N3O3S2. The molecule has 26 heavy (non-hydrogen) atoms. The van der Waals surface area contributed by atoms with Crippen LogP contribution in [0.3, 0.4) is 0 Å². The summed E-state index contributed by atoms with van der Waals surface area (Å²) >= 11 is 2.92. The minimum Gasteiger partial charge on any atom is -0.467 e. The molecule has 3 heterocycles. The third-order valence-corrected chi connectivity index (χ3v) is 6.90. The summed E-state index contributed by atoms with van der Waals surface area (Å²) in [6, 6.07) is 3.60. The maximum atomic E-state index is 12.8. The molecule has 3 aromatic rings. The van der Waals surface area contributed by atoms with Crippen LogP contribution in [0.25, 0.3) is 10.2 Å². The Bertz CT molecular complexity index is 1020. The Hall–Kier alpha value is -2.06. The zero-order valence-electron chi connectivity index (χ0n) is 14.6. The number of furan rings is 1. The third-order valence-electron chi connectivity index (χ3n) is 4.57. The fraction of sp³-hybridized carbons (Fsp3) is 0.389. The molecule has 0 fully saturated rings. The second-order valence-electron chi connectivity index (χ2n) is 6.35. The molecule has 1 aliphatic rings. The van der Waals surface area contributed by atoms with Crippen molar-refractivity contribution < 1.29 is 9.21 Å². The number of fused-ring (bicyclic) bond motifs is 3. The summed E-state index contributed by atoms with van der Waals surface area (Å²) in [5.74, 6) is 0.588. The number of nitrogens with one attached hydrogen (secondary N) is 1. The normalized spacial score (nSPS) is 14.5. The molecule has 0 unspecified atom stereocenters. The van der Waals surface area contributed by atoms with Crippen LogP contribution in [0.5, 0.6) is 0 Å². The molecule has 8 heteroatoms. The van der Waals surface area contributed by atoms with E-state index >= 15 is 0 Å². The number of nitrogens with zero attached hydrogens (tertiary/aromatic N) is 2. The minimum atomic E-state index is -0.368. The van der Waals surface area contributed by atoms with E-state index in [1.807, 2.05) is 13.0 Å². The molecule has 0 aliphatic heterocycles. The van der Waals surface area contributed by atoms with E-state index in [4.69, 9.17) is 4.42 Å². The van der Waals surface area contributed by atoms with E-state index in [2.05, 4.69) is 10.3 Å². The second-order valence-corrected chi connectivity index (χ2v) is 8.74. The Morgan fingerprint density at radius 1 is 1.50 bits per heavy atom. The second kappa shape index (κ2) is 6.92. The van der Waals surface area contributed by atoms with Crippen LogP contribution in [0.1, 0.15) is 29.5 Å². The van der Waals surface area contributed by atoms with Crippen LogP contribution in [0.4, 0.5) is 0 Å². The quantitative estimate of drug-likeness (QED) is 0.536. The first-order valence-corrected chi connectivity index (χ1v) is 10.2. The fourth-order valence-electron chi connectivity index (χ4n) is 3.15. The number of carbonyl (C=O) groups is 1. The van der Waals surface area contributed by atoms with Gasteiger partial charge in [0.05, 0.1) is 23.4 Å². The standard InChI is InChI=1S/C18H19N3O3S2/c1-10(15(22)19-9-11-5-4-8-24-11)25-18-20-16-14(17(23)21(18)2)12-6-3-7-13(12)26-16/h4-5,8,10H,3,6-7,9H2,1-2H3,(H,19,22)/t10-/m1/s1. The maximum absolute atomic E-state index is 12.8. The third kappa shape index (κ3) is 3.07. The molecule has 0 saturated heterocycles. The average molecular weight is 390 g/mol. The molecule has 4 rings (SSSR count). The molecule has 0 saturated carbocycles. The molecule has 1 atom stereocenters. The van der Waals surface area contributed by atoms with Crippen molar-refractivity contribution in [3.8, 4) is 0 Å². The van der Waals surface area contributed by atoms with Crippen LogP contribution in [0.15, 0.2) is 32.8 Å². The monoisotopic (exact) mass is 389 g/mol. The van der Waals surface area contributed by atoms with Gasteiger partial charge in [-0.05, 0) is 43.9 Å². The van der Waals surface area contributed by atoms with Crippen molar-refractivity contribution in [2.24, 2.45) is 7.05 Å². The van der Waals surface area contributed by atoms with Crippen molar-refractivity contribution in [2.45, 2.75) is 43.1 Å². The summed E-state index contributed by atoms with van der Waals surface area (Å²) in [4.78, 5) is 31.9. The van der Waals surface area contributed by atoms with Crippen molar-refractivity contribution in [3.05, 3.63) is 45.0 Å². The highest BCUT2D eigenvalue weighted by Crippen LogP contribution is 2.35. The van der Waals surface area contributed by atoms with E-state index in [1.165, 1.54) is 22.2 Å². The van der Waals surface area contributed by atoms with Gasteiger partial charge in [-0.25, -0.2) is 4.98 Å². The Kier molecular flexibility index (Phi) is 4.62. The Morgan fingerprint density at radius 2 is 2.35 bits per heavy atom. The molecule has 136 valence electrons. The zero-order valence-corrected chi connectivity index (χ0v) is 16.2. The molecule has 0 spiro atoms. The topological polar surface area (TPSA) is 77.1 Å². The van der Waals surface area contributed by atoms with Gasteiger partial charge in [-0.3, -0.25) is 14.2 Å². The lowest BCUT2D eigenvalue weighted by atomic mass is 10.2. The van der Waals surface area contributed by atoms with Crippen LogP contribution in [0, 0.1) is 0 Å². The van der Waals surface area contributed by atoms with Gasteiger partial charge in [0.15, 0.2) is 5.16 Å². The molecular weight excluding hydrogens is 370 g/mol. The lowest BCUT2D eigenvalue weighted by molar-refractivity contribution is -0.120. The van der Waals surface area contributed by atoms with E-state index in [9.17, 15) is 9.59 Å². The smallest absolute Gasteiger partial charge is 0.262 e. The van der Waals surface area contributed by atoms with Gasteiger partial charge in [0.25, 0.3) is 5.56 Å². The number of aromatic nitrogens is 2. The van der Waals surface area contributed by atoms with Gasteiger partial charge in [0.1, 0.15) is 10.6 Å². The molecule has 1 N–H and O–H groups in total. The first-order valence-electron chi connectivity index (χ1n) is 8.52. The molecule has 6 nitrogen and oxygen atoms in total. The summed E-state index contributed by atoms with van der Waals surface area (Å²) < 4.78 is 6.78. The fourth-order valence-corrected chi connectivity index (χ4v) is 5.35. The van der Waals surface area contributed by atoms with Crippen LogP contribution < -0.4 is 10.9 Å². The van der Waals surface area contributed by atoms with Crippen molar-refractivity contribution in [1.29, 1.82) is 0 Å². The number of thiophene rings is 1. The lowest BCUT2D eigenvalue weighted by Gasteiger charge is -2.13. The molecule has 3 aromatic heterocycles. The minimum absolute atomic E-state index is 0.0138. The number of aryl methyl sites for hydroxylation is 2. The van der Waals surface area contributed by atoms with Crippen LogP contribution in [-0.4, -0.2) is 20.7 Å². The Balaban J connectivity index is 1.54. The van der Waals surface area contributed by atoms with E-state index in [1.54, 1.807) is 35.3 Å². The Labute approximate surface area is 158 Å². The van der Waals surface area contributed by atoms with Gasteiger partial charge in [-0.1, -0.05) is 11.8 Å². The number of carbonyl (C=O) groups excluding carboxylic acids is 1. The van der Waals surface area contributed by atoms with E-state index in [0.717, 1.165) is 29.5 Å². The maximum Gasteiger partial charge on any atom is 0.262 e. The first-order chi connectivity index (χ1) is 12.5. The average Bonchev–Trinajstić information content (AvgIpc) is 3.34. The summed E-state index contributed by atoms with van der Waals surface area (Å²) in [6.45, 7) is 2.16. The van der Waals surface area contributed by atoms with Crippen molar-refractivity contribution in [2.75, 3.05) is 0 Å². The molecule has 1 aliphatic carbocycles. The lowest BCUT2D eigenvalue weighted by Crippen LogP contribution is -2.31. The van der Waals surface area contributed by atoms with Gasteiger partial charge in [0.2, 0.25) is 5.91 Å². The molecule has 0 radical (unpaired) electrons. The van der Waals surface area contributed by atoms with E-state index in [0.29, 0.717) is 17.5 Å². The van der Waals surface area contributed by atoms with Crippen LogP contribution in [-0.2, 0) is 31.2 Å². The molecule has 0 aromatic carbocycles. The van der Waals surface area contributed by atoms with Crippen LogP contribution in [0.2, 0.25) is 0 Å². The van der Waals surface area contributed by atoms with Crippen molar-refractivity contribution >= 4 is 39.2 Å². The largest absolute Gasteiger partial charge is 0.467 e. The highest BCUT2D eigenvalue weighted by molar-refractivity contribution is 8.00. The summed E-state index contributed by atoms with van der Waals surface area (Å²) in [7, 11) is 1.73. The van der Waals surface area contributed by atoms with Gasteiger partial charge in [-0.15, -0.1) is 11.3 Å². The predicted octanol–water partition coefficient (Wildman–Crippen LogP) is 2.87. The van der Waals surface area contributed by atoms with Crippen molar-refractivity contribution in [1.82, 2.24) is 14.9 Å². The number of hydrogen-bond donors (Lipinski definition) is 1. The number of amides is 1. The van der Waals surface area contributed by atoms with E-state index < -0.39 is 0 Å². The van der Waals surface area contributed by atoms with Gasteiger partial charge >= 0.3 is 0 Å². The highest BCUT2D eigenvalue weighted by Gasteiger charge is 2.24. The molecule has 0 bridgehead atoms. The highest BCUT2D eigenvalue weighted by atomic mass is 32.2. The summed E-state index contributed by atoms with van der Waals surface area (Å²) in [6.07, 6.45) is 4.69. The summed E-state index contributed by atoms with van der Waals surface area (Å²) in [5, 5.41) is 3.81. The Morgan fingerprint density at radius 3 is 3.12 bits per heavy atom. The van der Waals surface area contributed by atoms with E-state index in [-0.39, 0.29) is 16.7 Å². The van der Waals surface area contributed by atoms with Gasteiger partial charge in [-0.2, -0.15) is 0 Å². The number of rotatable bonds is 5.